The van der Waals surface area contributed by atoms with Crippen LogP contribution in [0.4, 0.5) is 5.82 Å². The van der Waals surface area contributed by atoms with Gasteiger partial charge in [-0.2, -0.15) is 5.10 Å². The first-order chi connectivity index (χ1) is 16.8. The molecule has 0 saturated carbocycles. The minimum Gasteiger partial charge on any atom is -0.496 e. The van der Waals surface area contributed by atoms with Gasteiger partial charge in [0.25, 0.3) is 0 Å². The van der Waals surface area contributed by atoms with Gasteiger partial charge in [0.1, 0.15) is 35.4 Å². The Morgan fingerprint density at radius 3 is 2.29 bits per heavy atom. The van der Waals surface area contributed by atoms with Gasteiger partial charge in [0.2, 0.25) is 0 Å². The van der Waals surface area contributed by atoms with E-state index in [2.05, 4.69) is 17.4 Å². The maximum atomic E-state index is 5.97. The van der Waals surface area contributed by atoms with E-state index in [4.69, 9.17) is 19.3 Å². The third-order valence-corrected chi connectivity index (χ3v) is 6.12. The number of hydrogen-bond acceptors (Lipinski definition) is 5. The zero-order chi connectivity index (χ0) is 23.3. The molecule has 0 amide bonds. The fourth-order valence-corrected chi connectivity index (χ4v) is 4.40. The van der Waals surface area contributed by atoms with Crippen LogP contribution in [0.3, 0.4) is 0 Å². The molecule has 0 fully saturated rings. The van der Waals surface area contributed by atoms with Crippen LogP contribution in [0.2, 0.25) is 0 Å². The zero-order valence-corrected chi connectivity index (χ0v) is 19.6. The number of rotatable bonds is 7. The van der Waals surface area contributed by atoms with Crippen molar-refractivity contribution in [2.24, 2.45) is 0 Å². The number of nitrogens with one attached hydrogen (secondary N) is 1. The molecular formula is C28H29N3O3. The van der Waals surface area contributed by atoms with Crippen molar-refractivity contribution >= 4 is 5.82 Å². The van der Waals surface area contributed by atoms with Gasteiger partial charge in [-0.05, 0) is 61.2 Å². The zero-order valence-electron chi connectivity index (χ0n) is 19.6. The summed E-state index contributed by atoms with van der Waals surface area (Å²) in [5.74, 6) is 3.35. The van der Waals surface area contributed by atoms with E-state index in [1.54, 1.807) is 14.2 Å². The topological polar surface area (TPSA) is 57.5 Å². The second-order valence-corrected chi connectivity index (χ2v) is 8.28. The fraction of sp³-hybridized carbons (Fsp3) is 0.250. The summed E-state index contributed by atoms with van der Waals surface area (Å²) in [6.45, 7) is 1.45. The van der Waals surface area contributed by atoms with Crippen molar-refractivity contribution in [1.29, 1.82) is 0 Å². The quantitative estimate of drug-likeness (QED) is 0.377. The van der Waals surface area contributed by atoms with Crippen LogP contribution >= 0.6 is 0 Å². The number of methoxy groups -OCH3 is 2. The Balaban J connectivity index is 1.51. The first kappa shape index (κ1) is 21.9. The number of hydrogen-bond donors (Lipinski definition) is 1. The molecule has 0 aliphatic carbocycles. The molecule has 0 spiro atoms. The van der Waals surface area contributed by atoms with Crippen LogP contribution in [0.5, 0.6) is 17.2 Å². The monoisotopic (exact) mass is 455 g/mol. The van der Waals surface area contributed by atoms with E-state index in [1.165, 1.54) is 5.56 Å². The number of anilines is 1. The highest BCUT2D eigenvalue weighted by molar-refractivity contribution is 5.80. The van der Waals surface area contributed by atoms with Crippen molar-refractivity contribution in [3.05, 3.63) is 83.9 Å². The summed E-state index contributed by atoms with van der Waals surface area (Å²) in [5.41, 5.74) is 5.07. The largest absolute Gasteiger partial charge is 0.496 e. The van der Waals surface area contributed by atoms with Crippen molar-refractivity contribution in [2.45, 2.75) is 25.9 Å². The standard InChI is InChI=1S/C28H29N3O3/c1-32-24-12-8-13-25(33-2)26(24)27-23-11-6-7-18-29-28(23)31(30-27)21-14-16-22(17-15-21)34-19-20-9-4-3-5-10-20/h3-5,8-10,12-17,29H,6-7,11,18-19H2,1-2H3. The molecule has 0 saturated heterocycles. The van der Waals surface area contributed by atoms with Gasteiger partial charge >= 0.3 is 0 Å². The molecule has 0 radical (unpaired) electrons. The Labute approximate surface area is 200 Å². The van der Waals surface area contributed by atoms with Gasteiger partial charge in [0.05, 0.1) is 25.5 Å². The second-order valence-electron chi connectivity index (χ2n) is 8.28. The summed E-state index contributed by atoms with van der Waals surface area (Å²) in [6, 6.07) is 24.1. The molecule has 34 heavy (non-hydrogen) atoms. The van der Waals surface area contributed by atoms with E-state index in [0.29, 0.717) is 6.61 Å². The molecule has 1 aliphatic rings. The summed E-state index contributed by atoms with van der Waals surface area (Å²) in [4.78, 5) is 0. The summed E-state index contributed by atoms with van der Waals surface area (Å²) in [5, 5.41) is 8.67. The Morgan fingerprint density at radius 1 is 0.853 bits per heavy atom. The molecule has 5 rings (SSSR count). The van der Waals surface area contributed by atoms with Gasteiger partial charge in [0, 0.05) is 12.1 Å². The number of ether oxygens (including phenoxy) is 3. The summed E-state index contributed by atoms with van der Waals surface area (Å²) >= 11 is 0. The van der Waals surface area contributed by atoms with Gasteiger partial charge in [-0.25, -0.2) is 4.68 Å². The van der Waals surface area contributed by atoms with E-state index in [1.807, 2.05) is 65.3 Å². The van der Waals surface area contributed by atoms with Crippen molar-refractivity contribution in [3.8, 4) is 34.2 Å². The number of benzene rings is 3. The lowest BCUT2D eigenvalue weighted by atomic mass is 10.0. The van der Waals surface area contributed by atoms with E-state index in [-0.39, 0.29) is 0 Å². The van der Waals surface area contributed by atoms with E-state index in [0.717, 1.165) is 71.4 Å². The van der Waals surface area contributed by atoms with Gasteiger partial charge in [0.15, 0.2) is 0 Å². The molecule has 1 aliphatic heterocycles. The van der Waals surface area contributed by atoms with Crippen LogP contribution in [0.15, 0.2) is 72.8 Å². The molecule has 0 unspecified atom stereocenters. The van der Waals surface area contributed by atoms with Crippen LogP contribution in [-0.4, -0.2) is 30.5 Å². The molecule has 2 heterocycles. The van der Waals surface area contributed by atoms with Gasteiger partial charge in [-0.3, -0.25) is 0 Å². The first-order valence-electron chi connectivity index (χ1n) is 11.6. The highest BCUT2D eigenvalue weighted by Gasteiger charge is 2.26. The lowest BCUT2D eigenvalue weighted by Crippen LogP contribution is -2.07. The highest BCUT2D eigenvalue weighted by Crippen LogP contribution is 2.43. The molecule has 6 nitrogen and oxygen atoms in total. The lowest BCUT2D eigenvalue weighted by Gasteiger charge is -2.12. The molecule has 6 heteroatoms. The summed E-state index contributed by atoms with van der Waals surface area (Å²) < 4.78 is 19.3. The molecular weight excluding hydrogens is 426 g/mol. The van der Waals surface area contributed by atoms with E-state index >= 15 is 0 Å². The maximum absolute atomic E-state index is 5.97. The lowest BCUT2D eigenvalue weighted by molar-refractivity contribution is 0.306. The highest BCUT2D eigenvalue weighted by atomic mass is 16.5. The molecule has 0 bridgehead atoms. The second kappa shape index (κ2) is 9.91. The predicted molar refractivity (Wildman–Crippen MR) is 134 cm³/mol. The number of nitrogens with zero attached hydrogens (tertiary/aromatic N) is 2. The van der Waals surface area contributed by atoms with Gasteiger partial charge in [-0.1, -0.05) is 36.4 Å². The van der Waals surface area contributed by atoms with Gasteiger partial charge in [-0.15, -0.1) is 0 Å². The average Bonchev–Trinajstić information content (AvgIpc) is 3.07. The van der Waals surface area contributed by atoms with Crippen molar-refractivity contribution < 1.29 is 14.2 Å². The Hall–Kier alpha value is -3.93. The number of aromatic nitrogens is 2. The minimum atomic E-state index is 0.538. The minimum absolute atomic E-state index is 0.538. The Kier molecular flexibility index (Phi) is 6.38. The Bertz CT molecular complexity index is 1230. The number of fused-ring (bicyclic) bond motifs is 1. The van der Waals surface area contributed by atoms with Crippen LogP contribution in [0.25, 0.3) is 16.9 Å². The van der Waals surface area contributed by atoms with Crippen LogP contribution in [0, 0.1) is 0 Å². The fourth-order valence-electron chi connectivity index (χ4n) is 4.40. The predicted octanol–water partition coefficient (Wildman–Crippen LogP) is 5.88. The van der Waals surface area contributed by atoms with Crippen molar-refractivity contribution in [1.82, 2.24) is 9.78 Å². The third kappa shape index (κ3) is 4.31. The molecule has 0 atom stereocenters. The van der Waals surface area contributed by atoms with Crippen LogP contribution in [0.1, 0.15) is 24.0 Å². The molecule has 3 aromatic carbocycles. The molecule has 174 valence electrons. The summed E-state index contributed by atoms with van der Waals surface area (Å²) in [7, 11) is 3.36. The Morgan fingerprint density at radius 2 is 1.59 bits per heavy atom. The normalized spacial score (nSPS) is 12.9. The van der Waals surface area contributed by atoms with Crippen LogP contribution in [-0.2, 0) is 13.0 Å². The smallest absolute Gasteiger partial charge is 0.133 e. The average molecular weight is 456 g/mol. The SMILES string of the molecule is COc1cccc(OC)c1-c1nn(-c2ccc(OCc3ccccc3)cc2)c2c1CCCCN2. The maximum Gasteiger partial charge on any atom is 0.133 e. The van der Waals surface area contributed by atoms with E-state index < -0.39 is 0 Å². The van der Waals surface area contributed by atoms with E-state index in [9.17, 15) is 0 Å². The van der Waals surface area contributed by atoms with Gasteiger partial charge < -0.3 is 19.5 Å². The van der Waals surface area contributed by atoms with Crippen molar-refractivity contribution in [3.63, 3.8) is 0 Å². The van der Waals surface area contributed by atoms with Crippen molar-refractivity contribution in [2.75, 3.05) is 26.1 Å². The summed E-state index contributed by atoms with van der Waals surface area (Å²) in [6.07, 6.45) is 3.16. The third-order valence-electron chi connectivity index (χ3n) is 6.12. The molecule has 1 N–H and O–H groups in total. The molecule has 1 aromatic heterocycles. The first-order valence-corrected chi connectivity index (χ1v) is 11.6. The molecule has 4 aromatic rings. The van der Waals surface area contributed by atoms with Crippen LogP contribution < -0.4 is 19.5 Å².